The predicted octanol–water partition coefficient (Wildman–Crippen LogP) is 1.24. The summed E-state index contributed by atoms with van der Waals surface area (Å²) in [6.07, 6.45) is -1.05. The van der Waals surface area contributed by atoms with E-state index in [1.807, 2.05) is 0 Å². The minimum Gasteiger partial charge on any atom is -0.396 e. The molecule has 202 valence electrons. The molecular weight excluding hydrogens is 492 g/mol. The van der Waals surface area contributed by atoms with Crippen LogP contribution >= 0.6 is 0 Å². The molecule has 38 heavy (non-hydrogen) atoms. The quantitative estimate of drug-likeness (QED) is 0.202. The lowest BCUT2D eigenvalue weighted by Crippen LogP contribution is -2.53. The van der Waals surface area contributed by atoms with Crippen LogP contribution in [0.15, 0.2) is 60.7 Å². The molecule has 2 aromatic rings. The average molecular weight is 525 g/mol. The van der Waals surface area contributed by atoms with E-state index in [1.54, 1.807) is 62.4 Å². The molecule has 1 saturated heterocycles. The normalized spacial score (nSPS) is 16.7. The van der Waals surface area contributed by atoms with Gasteiger partial charge in [-0.3, -0.25) is 19.8 Å². The van der Waals surface area contributed by atoms with Crippen molar-refractivity contribution in [1.82, 2.24) is 20.7 Å². The molecule has 11 heteroatoms. The van der Waals surface area contributed by atoms with Crippen LogP contribution in [0.2, 0.25) is 0 Å². The maximum absolute atomic E-state index is 13.4. The average Bonchev–Trinajstić information content (AvgIpc) is 3.13. The Kier molecular flexibility index (Phi) is 10.1. The summed E-state index contributed by atoms with van der Waals surface area (Å²) in [5, 5.41) is 13.9. The highest BCUT2D eigenvalue weighted by Gasteiger charge is 2.34. The van der Waals surface area contributed by atoms with Gasteiger partial charge in [0.2, 0.25) is 5.91 Å². The number of ether oxygens (including phenoxy) is 1. The molecule has 2 aromatic carbocycles. The summed E-state index contributed by atoms with van der Waals surface area (Å²) in [5.74, 6) is -3.54. The van der Waals surface area contributed by atoms with Crippen LogP contribution in [0.1, 0.15) is 34.6 Å². The molecule has 3 amide bonds. The molecule has 2 unspecified atom stereocenters. The number of esters is 1. The topological polar surface area (TPSA) is 145 Å². The molecule has 2 atom stereocenters. The van der Waals surface area contributed by atoms with E-state index in [0.29, 0.717) is 0 Å². The van der Waals surface area contributed by atoms with Crippen LogP contribution in [-0.2, 0) is 14.3 Å². The molecule has 3 rings (SSSR count). The van der Waals surface area contributed by atoms with Gasteiger partial charge in [-0.15, -0.1) is 0 Å². The highest BCUT2D eigenvalue weighted by Crippen LogP contribution is 2.14. The number of aliphatic hydroxyl groups is 1. The van der Waals surface area contributed by atoms with E-state index in [0.717, 1.165) is 0 Å². The van der Waals surface area contributed by atoms with Crippen molar-refractivity contribution in [3.8, 4) is 0 Å². The third-order valence-corrected chi connectivity index (χ3v) is 6.07. The van der Waals surface area contributed by atoms with E-state index in [9.17, 15) is 29.1 Å². The molecule has 0 radical (unpaired) electrons. The third-order valence-electron chi connectivity index (χ3n) is 6.07. The standard InChI is InChI=1S/C27H32N4O7/c1-18(2)22(28-27(37)38-26(36)21-11-7-4-8-12-21)25(35)30-13-14-31(16-19(15-30)17-32)29-24(34)23(33)20-9-5-3-6-10-20/h3-12,18-19,22,32H,13-17H2,1-2H3,(H,28,37)(H,29,34). The van der Waals surface area contributed by atoms with Crippen LogP contribution < -0.4 is 10.7 Å². The minimum atomic E-state index is -1.05. The molecule has 1 heterocycles. The van der Waals surface area contributed by atoms with Crippen molar-refractivity contribution in [1.29, 1.82) is 0 Å². The number of carbonyl (C=O) groups excluding carboxylic acids is 5. The summed E-state index contributed by atoms with van der Waals surface area (Å²) in [4.78, 5) is 64.4. The smallest absolute Gasteiger partial charge is 0.396 e. The largest absolute Gasteiger partial charge is 0.415 e. The van der Waals surface area contributed by atoms with Gasteiger partial charge in [0.15, 0.2) is 0 Å². The van der Waals surface area contributed by atoms with Gasteiger partial charge in [-0.2, -0.15) is 0 Å². The number of aliphatic hydroxyl groups excluding tert-OH is 1. The summed E-state index contributed by atoms with van der Waals surface area (Å²) < 4.78 is 4.85. The van der Waals surface area contributed by atoms with Crippen LogP contribution in [0.5, 0.6) is 0 Å². The van der Waals surface area contributed by atoms with E-state index in [1.165, 1.54) is 22.0 Å². The lowest BCUT2D eigenvalue weighted by Gasteiger charge is -2.29. The van der Waals surface area contributed by atoms with Crippen molar-refractivity contribution in [2.24, 2.45) is 11.8 Å². The Bertz CT molecular complexity index is 1140. The van der Waals surface area contributed by atoms with Crippen molar-refractivity contribution >= 4 is 29.7 Å². The maximum Gasteiger partial charge on any atom is 0.415 e. The third kappa shape index (κ3) is 7.70. The van der Waals surface area contributed by atoms with E-state index < -0.39 is 41.6 Å². The van der Waals surface area contributed by atoms with Gasteiger partial charge in [0.25, 0.3) is 5.78 Å². The Morgan fingerprint density at radius 1 is 0.921 bits per heavy atom. The maximum atomic E-state index is 13.4. The number of hydrazine groups is 1. The molecule has 1 aliphatic rings. The number of rotatable bonds is 8. The number of benzene rings is 2. The molecular formula is C27H32N4O7. The summed E-state index contributed by atoms with van der Waals surface area (Å²) in [5.41, 5.74) is 3.02. The number of nitrogens with zero attached hydrogens (tertiary/aromatic N) is 2. The SMILES string of the molecule is CC(C)C(NC(=O)OC(=O)c1ccccc1)C(=O)N1CCN(NC(=O)C(=O)c2ccccc2)CC(CO)C1. The summed E-state index contributed by atoms with van der Waals surface area (Å²) in [6, 6.07) is 15.1. The Morgan fingerprint density at radius 3 is 2.11 bits per heavy atom. The zero-order valence-corrected chi connectivity index (χ0v) is 21.3. The monoisotopic (exact) mass is 524 g/mol. The molecule has 0 saturated carbocycles. The summed E-state index contributed by atoms with van der Waals surface area (Å²) >= 11 is 0. The predicted molar refractivity (Wildman–Crippen MR) is 137 cm³/mol. The van der Waals surface area contributed by atoms with Gasteiger partial charge < -0.3 is 20.1 Å². The Morgan fingerprint density at radius 2 is 1.53 bits per heavy atom. The van der Waals surface area contributed by atoms with Gasteiger partial charge in [0, 0.05) is 44.3 Å². The highest BCUT2D eigenvalue weighted by atomic mass is 16.6. The second kappa shape index (κ2) is 13.5. The number of hydrogen-bond donors (Lipinski definition) is 3. The molecule has 0 bridgehead atoms. The van der Waals surface area contributed by atoms with Crippen molar-refractivity contribution in [2.45, 2.75) is 19.9 Å². The van der Waals surface area contributed by atoms with Crippen LogP contribution in [0.25, 0.3) is 0 Å². The molecule has 0 aliphatic carbocycles. The van der Waals surface area contributed by atoms with Crippen molar-refractivity contribution in [2.75, 3.05) is 32.8 Å². The van der Waals surface area contributed by atoms with Crippen molar-refractivity contribution in [3.05, 3.63) is 71.8 Å². The second-order valence-corrected chi connectivity index (χ2v) is 9.32. The van der Waals surface area contributed by atoms with Gasteiger partial charge in [0.05, 0.1) is 5.56 Å². The molecule has 0 aromatic heterocycles. The Labute approximate surface area is 220 Å². The number of carbonyl (C=O) groups is 5. The van der Waals surface area contributed by atoms with Crippen LogP contribution in [0, 0.1) is 11.8 Å². The number of hydrogen-bond acceptors (Lipinski definition) is 8. The number of alkyl carbamates (subject to hydrolysis) is 1. The van der Waals surface area contributed by atoms with Crippen LogP contribution in [-0.4, -0.2) is 83.5 Å². The zero-order chi connectivity index (χ0) is 27.7. The first-order valence-electron chi connectivity index (χ1n) is 12.3. The second-order valence-electron chi connectivity index (χ2n) is 9.32. The number of nitrogens with one attached hydrogen (secondary N) is 2. The highest BCUT2D eigenvalue weighted by molar-refractivity contribution is 6.42. The minimum absolute atomic E-state index is 0.164. The fourth-order valence-electron chi connectivity index (χ4n) is 4.02. The number of ketones is 1. The van der Waals surface area contributed by atoms with Gasteiger partial charge in [-0.1, -0.05) is 62.4 Å². The number of amides is 3. The zero-order valence-electron chi connectivity index (χ0n) is 21.3. The first-order chi connectivity index (χ1) is 18.2. The fraction of sp³-hybridized carbons (Fsp3) is 0.370. The lowest BCUT2D eigenvalue weighted by molar-refractivity contribution is -0.134. The van der Waals surface area contributed by atoms with Crippen LogP contribution in [0.3, 0.4) is 0 Å². The van der Waals surface area contributed by atoms with Crippen molar-refractivity contribution < 1.29 is 33.8 Å². The molecule has 1 fully saturated rings. The molecule has 3 N–H and O–H groups in total. The van der Waals surface area contributed by atoms with Gasteiger partial charge in [0.1, 0.15) is 6.04 Å². The van der Waals surface area contributed by atoms with E-state index >= 15 is 0 Å². The first kappa shape index (κ1) is 28.5. The van der Waals surface area contributed by atoms with E-state index in [2.05, 4.69) is 10.7 Å². The van der Waals surface area contributed by atoms with E-state index in [4.69, 9.17) is 4.74 Å². The van der Waals surface area contributed by atoms with Gasteiger partial charge in [-0.05, 0) is 18.1 Å². The summed E-state index contributed by atoms with van der Waals surface area (Å²) in [7, 11) is 0. The lowest BCUT2D eigenvalue weighted by atomic mass is 10.0. The van der Waals surface area contributed by atoms with Crippen molar-refractivity contribution in [3.63, 3.8) is 0 Å². The van der Waals surface area contributed by atoms with Crippen LogP contribution in [0.4, 0.5) is 4.79 Å². The fourth-order valence-corrected chi connectivity index (χ4v) is 4.02. The molecule has 11 nitrogen and oxygen atoms in total. The number of Topliss-reactive ketones (excluding diaryl/α,β-unsaturated/α-hetero) is 1. The molecule has 0 spiro atoms. The van der Waals surface area contributed by atoms with E-state index in [-0.39, 0.29) is 49.8 Å². The first-order valence-corrected chi connectivity index (χ1v) is 12.3. The van der Waals surface area contributed by atoms with Gasteiger partial charge in [-0.25, -0.2) is 14.6 Å². The van der Waals surface area contributed by atoms with Gasteiger partial charge >= 0.3 is 18.0 Å². The Hall–Kier alpha value is -4.09. The summed E-state index contributed by atoms with van der Waals surface area (Å²) in [6.45, 7) is 3.95. The Balaban J connectivity index is 1.62. The molecule has 1 aliphatic heterocycles.